The fourth-order valence-corrected chi connectivity index (χ4v) is 2.02. The van der Waals surface area contributed by atoms with Crippen molar-refractivity contribution in [2.45, 2.75) is 13.1 Å². The summed E-state index contributed by atoms with van der Waals surface area (Å²) in [5.74, 6) is -1.63. The lowest BCUT2D eigenvalue weighted by Gasteiger charge is -2.08. The van der Waals surface area contributed by atoms with Crippen molar-refractivity contribution in [3.8, 4) is 0 Å². The van der Waals surface area contributed by atoms with Gasteiger partial charge in [0.1, 0.15) is 12.1 Å². The molecule has 2 amide bonds. The van der Waals surface area contributed by atoms with Crippen molar-refractivity contribution in [1.82, 2.24) is 9.88 Å². The average molecular weight is 330 g/mol. The van der Waals surface area contributed by atoms with Gasteiger partial charge >= 0.3 is 0 Å². The first kappa shape index (κ1) is 16.9. The highest BCUT2D eigenvalue weighted by molar-refractivity contribution is 5.93. The molecular weight excluding hydrogens is 316 g/mol. The topological polar surface area (TPSA) is 137 Å². The van der Waals surface area contributed by atoms with E-state index in [9.17, 15) is 24.5 Å². The van der Waals surface area contributed by atoms with Gasteiger partial charge in [0.2, 0.25) is 5.91 Å². The van der Waals surface area contributed by atoms with E-state index in [-0.39, 0.29) is 6.54 Å². The molecule has 0 spiro atoms. The number of hydrogen-bond acceptors (Lipinski definition) is 5. The maximum Gasteiger partial charge on any atom is 0.286 e. The van der Waals surface area contributed by atoms with Crippen LogP contribution in [0.2, 0.25) is 0 Å². The third kappa shape index (κ3) is 4.03. The summed E-state index contributed by atoms with van der Waals surface area (Å²) < 4.78 is 0.790. The molecule has 124 valence electrons. The number of nitro groups is 1. The van der Waals surface area contributed by atoms with Gasteiger partial charge in [0.05, 0.1) is 11.1 Å². The molecule has 0 bridgehead atoms. The van der Waals surface area contributed by atoms with Crippen molar-refractivity contribution in [3.05, 3.63) is 74.2 Å². The van der Waals surface area contributed by atoms with Gasteiger partial charge in [-0.25, -0.2) is 0 Å². The molecule has 0 unspecified atom stereocenters. The van der Waals surface area contributed by atoms with Gasteiger partial charge < -0.3 is 11.1 Å². The Labute approximate surface area is 135 Å². The molecule has 1 aromatic carbocycles. The van der Waals surface area contributed by atoms with E-state index in [0.29, 0.717) is 0 Å². The van der Waals surface area contributed by atoms with Gasteiger partial charge in [-0.15, -0.1) is 0 Å². The van der Waals surface area contributed by atoms with Crippen LogP contribution in [0, 0.1) is 10.1 Å². The number of benzene rings is 1. The number of hydrogen-bond donors (Lipinski definition) is 2. The van der Waals surface area contributed by atoms with Crippen molar-refractivity contribution in [3.63, 3.8) is 0 Å². The fraction of sp³-hybridized carbons (Fsp3) is 0.133. The summed E-state index contributed by atoms with van der Waals surface area (Å²) in [5, 5.41) is 13.5. The molecule has 0 aliphatic rings. The molecule has 9 heteroatoms. The highest BCUT2D eigenvalue weighted by Gasteiger charge is 2.18. The second kappa shape index (κ2) is 7.18. The number of nitrogens with zero attached hydrogens (tertiary/aromatic N) is 2. The van der Waals surface area contributed by atoms with Gasteiger partial charge in [-0.1, -0.05) is 30.3 Å². The highest BCUT2D eigenvalue weighted by atomic mass is 16.6. The summed E-state index contributed by atoms with van der Waals surface area (Å²) in [6.45, 7) is -0.223. The van der Waals surface area contributed by atoms with Gasteiger partial charge in [-0.05, 0) is 5.56 Å². The minimum Gasteiger partial charge on any atom is -0.365 e. The molecule has 24 heavy (non-hydrogen) atoms. The molecule has 1 aromatic heterocycles. The van der Waals surface area contributed by atoms with Crippen LogP contribution in [0.15, 0.2) is 47.4 Å². The molecule has 0 atom stereocenters. The van der Waals surface area contributed by atoms with E-state index in [4.69, 9.17) is 5.73 Å². The minimum atomic E-state index is -1.10. The molecule has 0 fully saturated rings. The van der Waals surface area contributed by atoms with Crippen molar-refractivity contribution in [1.29, 1.82) is 0 Å². The molecular formula is C15H14N4O5. The van der Waals surface area contributed by atoms with Crippen molar-refractivity contribution < 1.29 is 14.5 Å². The van der Waals surface area contributed by atoms with Crippen LogP contribution in [0.3, 0.4) is 0 Å². The number of primary amides is 1. The lowest BCUT2D eigenvalue weighted by molar-refractivity contribution is -0.385. The van der Waals surface area contributed by atoms with Gasteiger partial charge in [0.25, 0.3) is 17.2 Å². The molecule has 0 radical (unpaired) electrons. The molecule has 9 nitrogen and oxygen atoms in total. The number of pyridine rings is 1. The zero-order valence-corrected chi connectivity index (χ0v) is 12.5. The lowest BCUT2D eigenvalue weighted by Crippen LogP contribution is -2.35. The second-order valence-corrected chi connectivity index (χ2v) is 4.93. The Bertz CT molecular complexity index is 845. The van der Waals surface area contributed by atoms with Crippen LogP contribution < -0.4 is 16.6 Å². The molecule has 0 aliphatic carbocycles. The summed E-state index contributed by atoms with van der Waals surface area (Å²) in [6, 6.07) is 9.87. The Morgan fingerprint density at radius 3 is 2.50 bits per heavy atom. The zero-order chi connectivity index (χ0) is 17.7. The molecule has 1 heterocycles. The Morgan fingerprint density at radius 1 is 1.25 bits per heavy atom. The Hall–Kier alpha value is -3.49. The Morgan fingerprint density at radius 2 is 1.92 bits per heavy atom. The highest BCUT2D eigenvalue weighted by Crippen LogP contribution is 2.10. The van der Waals surface area contributed by atoms with Gasteiger partial charge in [-0.2, -0.15) is 0 Å². The summed E-state index contributed by atoms with van der Waals surface area (Å²) in [5.41, 5.74) is 4.00. The molecule has 0 aliphatic heterocycles. The van der Waals surface area contributed by atoms with Gasteiger partial charge in [0, 0.05) is 12.6 Å². The predicted molar refractivity (Wildman–Crippen MR) is 84.2 cm³/mol. The number of aromatic nitrogens is 1. The van der Waals surface area contributed by atoms with E-state index in [0.717, 1.165) is 22.4 Å². The number of nitrogens with one attached hydrogen (secondary N) is 1. The van der Waals surface area contributed by atoms with Crippen LogP contribution in [0.25, 0.3) is 0 Å². The fourth-order valence-electron chi connectivity index (χ4n) is 2.02. The van der Waals surface area contributed by atoms with Crippen LogP contribution in [0.4, 0.5) is 5.69 Å². The first-order chi connectivity index (χ1) is 11.4. The second-order valence-electron chi connectivity index (χ2n) is 4.93. The first-order valence-electron chi connectivity index (χ1n) is 6.88. The van der Waals surface area contributed by atoms with E-state index in [1.54, 1.807) is 0 Å². The normalized spacial score (nSPS) is 10.2. The largest absolute Gasteiger partial charge is 0.365 e. The summed E-state index contributed by atoms with van der Waals surface area (Å²) in [4.78, 5) is 45.3. The van der Waals surface area contributed by atoms with Crippen LogP contribution in [0.1, 0.15) is 15.9 Å². The number of rotatable bonds is 6. The molecule has 0 saturated heterocycles. The number of nitrogens with two attached hydrogens (primary N) is 1. The van der Waals surface area contributed by atoms with E-state index >= 15 is 0 Å². The minimum absolute atomic E-state index is 0.242. The van der Waals surface area contributed by atoms with Crippen LogP contribution in [-0.2, 0) is 17.9 Å². The van der Waals surface area contributed by atoms with E-state index in [1.165, 1.54) is 0 Å². The van der Waals surface area contributed by atoms with Gasteiger partial charge in [0.15, 0.2) is 0 Å². The van der Waals surface area contributed by atoms with Crippen LogP contribution >= 0.6 is 0 Å². The smallest absolute Gasteiger partial charge is 0.286 e. The van der Waals surface area contributed by atoms with E-state index < -0.39 is 40.1 Å². The molecule has 0 saturated carbocycles. The maximum atomic E-state index is 12.1. The van der Waals surface area contributed by atoms with E-state index in [2.05, 4.69) is 5.32 Å². The maximum absolute atomic E-state index is 12.1. The zero-order valence-electron chi connectivity index (χ0n) is 12.5. The standard InChI is InChI=1S/C15H14N4O5/c16-14(21)12-6-11(19(23)24)8-18(15(12)22)9-13(20)17-7-10-4-2-1-3-5-10/h1-6,8H,7,9H2,(H2,16,21)(H,17,20). The lowest BCUT2D eigenvalue weighted by atomic mass is 10.2. The van der Waals surface area contributed by atoms with Crippen LogP contribution in [0.5, 0.6) is 0 Å². The third-order valence-electron chi connectivity index (χ3n) is 3.19. The number of amides is 2. The van der Waals surface area contributed by atoms with Gasteiger partial charge in [-0.3, -0.25) is 29.1 Å². The van der Waals surface area contributed by atoms with E-state index in [1.807, 2.05) is 30.3 Å². The SMILES string of the molecule is NC(=O)c1cc([N+](=O)[O-])cn(CC(=O)NCc2ccccc2)c1=O. The number of carbonyl (C=O) groups excluding carboxylic acids is 2. The monoisotopic (exact) mass is 330 g/mol. The molecule has 2 rings (SSSR count). The summed E-state index contributed by atoms with van der Waals surface area (Å²) >= 11 is 0. The molecule has 3 N–H and O–H groups in total. The Balaban J connectivity index is 2.19. The van der Waals surface area contributed by atoms with Crippen LogP contribution in [-0.4, -0.2) is 21.3 Å². The first-order valence-corrected chi connectivity index (χ1v) is 6.88. The van der Waals surface area contributed by atoms with Crippen molar-refractivity contribution in [2.24, 2.45) is 5.73 Å². The Kier molecular flexibility index (Phi) is 5.05. The summed E-state index contributed by atoms with van der Waals surface area (Å²) in [6.07, 6.45) is 0.900. The summed E-state index contributed by atoms with van der Waals surface area (Å²) in [7, 11) is 0. The quantitative estimate of drug-likeness (QED) is 0.574. The predicted octanol–water partition coefficient (Wildman–Crippen LogP) is 0.172. The third-order valence-corrected chi connectivity index (χ3v) is 3.19. The average Bonchev–Trinajstić information content (AvgIpc) is 2.55. The molecule has 2 aromatic rings. The number of carbonyl (C=O) groups is 2. The van der Waals surface area contributed by atoms with Crippen molar-refractivity contribution >= 4 is 17.5 Å². The van der Waals surface area contributed by atoms with Crippen molar-refractivity contribution in [2.75, 3.05) is 0 Å².